The van der Waals surface area contributed by atoms with Crippen LogP contribution in [-0.4, -0.2) is 16.6 Å². The van der Waals surface area contributed by atoms with Crippen molar-refractivity contribution in [1.82, 2.24) is 5.16 Å². The van der Waals surface area contributed by atoms with Gasteiger partial charge >= 0.3 is 0 Å². The van der Waals surface area contributed by atoms with Crippen molar-refractivity contribution < 1.29 is 14.7 Å². The van der Waals surface area contributed by atoms with Crippen LogP contribution in [-0.2, 0) is 0 Å². The molecule has 0 aliphatic heterocycles. The van der Waals surface area contributed by atoms with Crippen molar-refractivity contribution in [3.05, 3.63) is 29.0 Å². The van der Waals surface area contributed by atoms with Gasteiger partial charge in [-0.05, 0) is 17.0 Å². The lowest BCUT2D eigenvalue weighted by atomic mass is 10.2. The molecule has 0 radical (unpaired) electrons. The van der Waals surface area contributed by atoms with E-state index in [9.17, 15) is 5.21 Å². The zero-order valence-corrected chi connectivity index (χ0v) is 6.41. The average molecular weight is 179 g/mol. The van der Waals surface area contributed by atoms with Crippen LogP contribution in [0, 0.1) is 5.21 Å². The molecule has 0 amide bonds. The van der Waals surface area contributed by atoms with Gasteiger partial charge in [0.2, 0.25) is 11.0 Å². The number of oxime groups is 1. The van der Waals surface area contributed by atoms with E-state index in [4.69, 9.17) is 5.21 Å². The fraction of sp³-hybridized carbons (Fsp3) is 0. The van der Waals surface area contributed by atoms with Crippen molar-refractivity contribution in [1.29, 1.82) is 0 Å². The van der Waals surface area contributed by atoms with Gasteiger partial charge in [0.15, 0.2) is 0 Å². The molecule has 0 saturated heterocycles. The molecule has 13 heavy (non-hydrogen) atoms. The maximum atomic E-state index is 10.9. The van der Waals surface area contributed by atoms with Gasteiger partial charge in [0.25, 0.3) is 0 Å². The SMILES string of the molecule is [O-][n+]1onc2cc(C=NO)ccc21. The molecule has 0 aliphatic carbocycles. The second-order valence-corrected chi connectivity index (χ2v) is 2.42. The summed E-state index contributed by atoms with van der Waals surface area (Å²) in [5.41, 5.74) is 1.41. The number of hydrogen-bond acceptors (Lipinski definition) is 5. The minimum Gasteiger partial charge on any atom is -0.411 e. The molecule has 1 aromatic carbocycles. The molecule has 0 fully saturated rings. The van der Waals surface area contributed by atoms with Gasteiger partial charge in [0, 0.05) is 16.8 Å². The summed E-state index contributed by atoms with van der Waals surface area (Å²) in [5.74, 6) is 0. The Balaban J connectivity index is 2.63. The molecule has 0 saturated carbocycles. The van der Waals surface area contributed by atoms with Gasteiger partial charge in [0.05, 0.1) is 6.21 Å². The van der Waals surface area contributed by atoms with E-state index in [0.29, 0.717) is 21.5 Å². The minimum absolute atomic E-state index is 0.315. The van der Waals surface area contributed by atoms with Gasteiger partial charge in [-0.1, -0.05) is 5.16 Å². The second kappa shape index (κ2) is 2.74. The van der Waals surface area contributed by atoms with Crippen LogP contribution >= 0.6 is 0 Å². The molecule has 0 spiro atoms. The van der Waals surface area contributed by atoms with Gasteiger partial charge < -0.3 is 10.4 Å². The number of benzene rings is 1. The molecule has 1 N–H and O–H groups in total. The number of aromatic nitrogens is 2. The first-order valence-corrected chi connectivity index (χ1v) is 3.48. The van der Waals surface area contributed by atoms with Crippen LogP contribution in [0.2, 0.25) is 0 Å². The Morgan fingerprint density at radius 1 is 1.62 bits per heavy atom. The predicted molar refractivity (Wildman–Crippen MR) is 42.3 cm³/mol. The first-order valence-electron chi connectivity index (χ1n) is 3.48. The lowest BCUT2D eigenvalue weighted by Gasteiger charge is -1.87. The molecule has 2 aromatic rings. The van der Waals surface area contributed by atoms with E-state index in [1.54, 1.807) is 12.1 Å². The highest BCUT2D eigenvalue weighted by molar-refractivity contribution is 5.85. The number of hydrogen-bond donors (Lipinski definition) is 1. The molecule has 2 rings (SSSR count). The lowest BCUT2D eigenvalue weighted by Crippen LogP contribution is -2.22. The molecule has 1 aromatic heterocycles. The zero-order chi connectivity index (χ0) is 9.26. The summed E-state index contributed by atoms with van der Waals surface area (Å²) in [6, 6.07) is 4.73. The van der Waals surface area contributed by atoms with Crippen LogP contribution in [0.25, 0.3) is 11.0 Å². The highest BCUT2D eigenvalue weighted by atomic mass is 16.8. The summed E-state index contributed by atoms with van der Waals surface area (Å²) in [4.78, 5) is 0.315. The Bertz CT molecular complexity index is 463. The maximum Gasteiger partial charge on any atom is 0.249 e. The van der Waals surface area contributed by atoms with E-state index in [2.05, 4.69) is 14.9 Å². The first kappa shape index (κ1) is 7.53. The van der Waals surface area contributed by atoms with E-state index in [0.717, 1.165) is 0 Å². The van der Waals surface area contributed by atoms with Gasteiger partial charge in [-0.25, -0.2) is 0 Å². The van der Waals surface area contributed by atoms with Gasteiger partial charge in [-0.15, -0.1) is 0 Å². The monoisotopic (exact) mass is 179 g/mol. The van der Waals surface area contributed by atoms with Crippen molar-refractivity contribution in [2.75, 3.05) is 0 Å². The Kier molecular flexibility index (Phi) is 1.59. The van der Waals surface area contributed by atoms with Crippen LogP contribution in [0.1, 0.15) is 5.56 Å². The molecule has 1 heterocycles. The summed E-state index contributed by atoms with van der Waals surface area (Å²) in [5, 5.41) is 25.5. The average Bonchev–Trinajstić information content (AvgIpc) is 2.48. The highest BCUT2D eigenvalue weighted by Gasteiger charge is 2.08. The van der Waals surface area contributed by atoms with Crippen molar-refractivity contribution in [3.8, 4) is 0 Å². The molecule has 6 heteroatoms. The molecule has 66 valence electrons. The molecule has 6 nitrogen and oxygen atoms in total. The third-order valence-electron chi connectivity index (χ3n) is 1.62. The third-order valence-corrected chi connectivity index (χ3v) is 1.62. The Labute approximate surface area is 72.2 Å². The summed E-state index contributed by atoms with van der Waals surface area (Å²) < 4.78 is 4.35. The van der Waals surface area contributed by atoms with E-state index in [-0.39, 0.29) is 0 Å². The van der Waals surface area contributed by atoms with Gasteiger partial charge in [0.1, 0.15) is 0 Å². The van der Waals surface area contributed by atoms with Crippen molar-refractivity contribution >= 4 is 17.2 Å². The first-order chi connectivity index (χ1) is 6.31. The van der Waals surface area contributed by atoms with Gasteiger partial charge in [-0.2, -0.15) is 0 Å². The predicted octanol–water partition coefficient (Wildman–Crippen LogP) is 0.269. The molecule has 0 bridgehead atoms. The van der Waals surface area contributed by atoms with Crippen LogP contribution in [0.15, 0.2) is 28.0 Å². The maximum absolute atomic E-state index is 10.9. The summed E-state index contributed by atoms with van der Waals surface area (Å²) in [6.07, 6.45) is 1.24. The van der Waals surface area contributed by atoms with Crippen LogP contribution in [0.3, 0.4) is 0 Å². The summed E-state index contributed by atoms with van der Waals surface area (Å²) >= 11 is 0. The standard InChI is InChI=1S/C7H5N3O3/c11-8-4-5-1-2-7-6(3-5)9-13-10(7)12/h1-4,11H. The van der Waals surface area contributed by atoms with E-state index >= 15 is 0 Å². The molecule has 0 atom stereocenters. The Morgan fingerprint density at radius 2 is 2.46 bits per heavy atom. The normalized spacial score (nSPS) is 11.4. The van der Waals surface area contributed by atoms with Crippen molar-refractivity contribution in [3.63, 3.8) is 0 Å². The molecule has 0 aliphatic rings. The fourth-order valence-electron chi connectivity index (χ4n) is 1.04. The van der Waals surface area contributed by atoms with Gasteiger partial charge in [-0.3, -0.25) is 4.63 Å². The highest BCUT2D eigenvalue weighted by Crippen LogP contribution is 2.08. The van der Waals surface area contributed by atoms with E-state index in [1.165, 1.54) is 12.3 Å². The summed E-state index contributed by atoms with van der Waals surface area (Å²) in [7, 11) is 0. The number of nitrogens with zero attached hydrogens (tertiary/aromatic N) is 3. The third kappa shape index (κ3) is 1.18. The van der Waals surface area contributed by atoms with Crippen LogP contribution in [0.4, 0.5) is 0 Å². The summed E-state index contributed by atoms with van der Waals surface area (Å²) in [6.45, 7) is 0. The molecular weight excluding hydrogens is 174 g/mol. The molecular formula is C7H5N3O3. The van der Waals surface area contributed by atoms with Crippen LogP contribution < -0.4 is 4.90 Å². The lowest BCUT2D eigenvalue weighted by molar-refractivity contribution is -0.782. The van der Waals surface area contributed by atoms with E-state index in [1.807, 2.05) is 0 Å². The minimum atomic E-state index is 0.315. The number of fused-ring (bicyclic) bond motifs is 1. The molecule has 0 unspecified atom stereocenters. The van der Waals surface area contributed by atoms with Crippen molar-refractivity contribution in [2.45, 2.75) is 0 Å². The fourth-order valence-corrected chi connectivity index (χ4v) is 1.04. The number of rotatable bonds is 1. The van der Waals surface area contributed by atoms with E-state index < -0.39 is 0 Å². The topological polar surface area (TPSA) is 85.6 Å². The second-order valence-electron chi connectivity index (χ2n) is 2.42. The largest absolute Gasteiger partial charge is 0.411 e. The smallest absolute Gasteiger partial charge is 0.249 e. The van der Waals surface area contributed by atoms with Crippen LogP contribution in [0.5, 0.6) is 0 Å². The Morgan fingerprint density at radius 3 is 3.23 bits per heavy atom. The van der Waals surface area contributed by atoms with Crippen molar-refractivity contribution in [2.24, 2.45) is 5.16 Å². The Hall–Kier alpha value is -2.11. The quantitative estimate of drug-likeness (QED) is 0.294. The zero-order valence-electron chi connectivity index (χ0n) is 6.41.